The van der Waals surface area contributed by atoms with E-state index in [1.165, 1.54) is 21.9 Å². The van der Waals surface area contributed by atoms with Crippen LogP contribution < -0.4 is 5.19 Å². The number of rotatable bonds is 1. The molecule has 0 radical (unpaired) electrons. The summed E-state index contributed by atoms with van der Waals surface area (Å²) in [6.45, 7) is 10.8. The Morgan fingerprint density at radius 1 is 1.00 bits per heavy atom. The molecule has 0 saturated heterocycles. The van der Waals surface area contributed by atoms with E-state index in [4.69, 9.17) is 11.1 Å². The van der Waals surface area contributed by atoms with Gasteiger partial charge in [0.05, 0.1) is 0 Å². The van der Waals surface area contributed by atoms with Crippen LogP contribution in [0.4, 0.5) is 0 Å². The molecule has 2 heteroatoms. The second-order valence-corrected chi connectivity index (χ2v) is 10.5. The molecule has 1 rings (SSSR count). The van der Waals surface area contributed by atoms with Crippen molar-refractivity contribution in [3.05, 3.63) is 28.8 Å². The highest BCUT2D eigenvalue weighted by Crippen LogP contribution is 2.16. The zero-order chi connectivity index (χ0) is 10.2. The molecule has 0 spiro atoms. The normalized spacial score (nSPS) is 11.8. The first kappa shape index (κ1) is 10.8. The summed E-state index contributed by atoms with van der Waals surface area (Å²) < 4.78 is 0. The van der Waals surface area contributed by atoms with Crippen LogP contribution in [0.25, 0.3) is 0 Å². The quantitative estimate of drug-likeness (QED) is 0.495. The Bertz CT molecular complexity index is 324. The van der Waals surface area contributed by atoms with E-state index in [-0.39, 0.29) is 0 Å². The Hall–Kier alpha value is -0.273. The predicted octanol–water partition coefficient (Wildman–Crippen LogP) is 3.26. The Kier molecular flexibility index (Phi) is 2.88. The summed E-state index contributed by atoms with van der Waals surface area (Å²) in [4.78, 5) is 0. The van der Waals surface area contributed by atoms with Crippen LogP contribution in [-0.2, 0) is 0 Å². The van der Waals surface area contributed by atoms with Crippen LogP contribution in [0.5, 0.6) is 0 Å². The Morgan fingerprint density at radius 2 is 1.46 bits per heavy atom. The Morgan fingerprint density at radius 3 is 1.85 bits per heavy atom. The lowest BCUT2D eigenvalue weighted by Crippen LogP contribution is -2.39. The molecule has 0 fully saturated rings. The summed E-state index contributed by atoms with van der Waals surface area (Å²) in [6, 6.07) is 4.35. The highest BCUT2D eigenvalue weighted by atomic mass is 35.6. The molecule has 72 valence electrons. The molecule has 13 heavy (non-hydrogen) atoms. The zero-order valence-electron chi connectivity index (χ0n) is 9.03. The summed E-state index contributed by atoms with van der Waals surface area (Å²) in [5, 5.41) is 1.41. The predicted molar refractivity (Wildman–Crippen MR) is 63.6 cm³/mol. The van der Waals surface area contributed by atoms with Crippen LogP contribution >= 0.6 is 11.1 Å². The van der Waals surface area contributed by atoms with Crippen LogP contribution in [0.3, 0.4) is 0 Å². The monoisotopic (exact) mass is 212 g/mol. The van der Waals surface area contributed by atoms with E-state index in [0.29, 0.717) is 0 Å². The van der Waals surface area contributed by atoms with Gasteiger partial charge in [-0.3, -0.25) is 0 Å². The van der Waals surface area contributed by atoms with Crippen molar-refractivity contribution in [2.24, 2.45) is 0 Å². The molecule has 0 heterocycles. The minimum Gasteiger partial charge on any atom is -0.161 e. The van der Waals surface area contributed by atoms with Gasteiger partial charge in [0.2, 0.25) is 0 Å². The zero-order valence-corrected chi connectivity index (χ0v) is 10.8. The summed E-state index contributed by atoms with van der Waals surface area (Å²) in [5.41, 5.74) is 4.07. The highest BCUT2D eigenvalue weighted by Gasteiger charge is 2.24. The molecule has 0 N–H and O–H groups in total. The Labute approximate surface area is 86.6 Å². The van der Waals surface area contributed by atoms with Crippen molar-refractivity contribution in [2.45, 2.75) is 33.9 Å². The van der Waals surface area contributed by atoms with E-state index >= 15 is 0 Å². The number of halogens is 1. The first-order valence-corrected chi connectivity index (χ1v) is 8.61. The van der Waals surface area contributed by atoms with Gasteiger partial charge in [-0.05, 0) is 37.1 Å². The second kappa shape index (κ2) is 3.47. The number of benzene rings is 1. The highest BCUT2D eigenvalue weighted by molar-refractivity contribution is 7.26. The fourth-order valence-electron chi connectivity index (χ4n) is 1.87. The molecule has 1 aromatic carbocycles. The number of hydrogen-bond donors (Lipinski definition) is 0. The van der Waals surface area contributed by atoms with Crippen LogP contribution in [0, 0.1) is 20.8 Å². The fraction of sp³-hybridized carbons (Fsp3) is 0.455. The van der Waals surface area contributed by atoms with Gasteiger partial charge in [0.1, 0.15) is 0 Å². The molecular weight excluding hydrogens is 196 g/mol. The molecule has 0 amide bonds. The van der Waals surface area contributed by atoms with Crippen molar-refractivity contribution in [2.75, 3.05) is 0 Å². The van der Waals surface area contributed by atoms with Gasteiger partial charge in [-0.25, -0.2) is 0 Å². The van der Waals surface area contributed by atoms with Crippen LogP contribution in [-0.4, -0.2) is 7.38 Å². The SMILES string of the molecule is Cc1ccc(C)c([Si](C)(C)Cl)c1C. The van der Waals surface area contributed by atoms with Gasteiger partial charge < -0.3 is 0 Å². The second-order valence-electron chi connectivity index (χ2n) is 4.17. The van der Waals surface area contributed by atoms with Crippen molar-refractivity contribution >= 4 is 23.6 Å². The smallest absolute Gasteiger partial charge is 0.161 e. The average Bonchev–Trinajstić information content (AvgIpc) is 1.95. The van der Waals surface area contributed by atoms with Crippen molar-refractivity contribution in [1.29, 1.82) is 0 Å². The molecule has 0 aliphatic heterocycles. The van der Waals surface area contributed by atoms with Crippen molar-refractivity contribution < 1.29 is 0 Å². The van der Waals surface area contributed by atoms with Crippen LogP contribution in [0.1, 0.15) is 16.7 Å². The van der Waals surface area contributed by atoms with E-state index in [2.05, 4.69) is 46.0 Å². The first-order chi connectivity index (χ1) is 5.84. The third-order valence-corrected chi connectivity index (χ3v) is 5.06. The molecule has 0 bridgehead atoms. The summed E-state index contributed by atoms with van der Waals surface area (Å²) in [5.74, 6) is 0. The number of aryl methyl sites for hydroxylation is 2. The van der Waals surface area contributed by atoms with Gasteiger partial charge in [-0.15, -0.1) is 0 Å². The van der Waals surface area contributed by atoms with E-state index in [1.807, 2.05) is 0 Å². The molecule has 1 aromatic rings. The van der Waals surface area contributed by atoms with Gasteiger partial charge in [-0.1, -0.05) is 30.8 Å². The minimum absolute atomic E-state index is 1.34. The third-order valence-electron chi connectivity index (χ3n) is 2.54. The minimum atomic E-state index is -1.68. The molecular formula is C11H17ClSi. The van der Waals surface area contributed by atoms with Crippen LogP contribution in [0.15, 0.2) is 12.1 Å². The van der Waals surface area contributed by atoms with Gasteiger partial charge in [-0.2, -0.15) is 11.1 Å². The standard InChI is InChI=1S/C11H17ClSi/c1-8-6-7-9(2)11(10(8)3)13(4,5)12/h6-7H,1-5H3. The lowest BCUT2D eigenvalue weighted by Gasteiger charge is -2.21. The molecule has 0 aliphatic carbocycles. The maximum absolute atomic E-state index is 6.48. The summed E-state index contributed by atoms with van der Waals surface area (Å²) in [7, 11) is -1.68. The molecule has 0 saturated carbocycles. The van der Waals surface area contributed by atoms with Gasteiger partial charge in [0.25, 0.3) is 0 Å². The lowest BCUT2D eigenvalue weighted by molar-refractivity contribution is 1.32. The molecule has 0 nitrogen and oxygen atoms in total. The maximum atomic E-state index is 6.48. The Balaban J connectivity index is 3.43. The third kappa shape index (κ3) is 2.15. The summed E-state index contributed by atoms with van der Waals surface area (Å²) in [6.07, 6.45) is 0. The molecule has 0 aromatic heterocycles. The number of hydrogen-bond acceptors (Lipinski definition) is 0. The molecule has 0 unspecified atom stereocenters. The lowest BCUT2D eigenvalue weighted by atomic mass is 10.1. The van der Waals surface area contributed by atoms with Crippen molar-refractivity contribution in [3.63, 3.8) is 0 Å². The van der Waals surface area contributed by atoms with Gasteiger partial charge in [0.15, 0.2) is 7.38 Å². The van der Waals surface area contributed by atoms with Gasteiger partial charge >= 0.3 is 0 Å². The van der Waals surface area contributed by atoms with E-state index in [0.717, 1.165) is 0 Å². The van der Waals surface area contributed by atoms with Crippen LogP contribution in [0.2, 0.25) is 13.1 Å². The maximum Gasteiger partial charge on any atom is 0.181 e. The average molecular weight is 213 g/mol. The molecule has 0 atom stereocenters. The van der Waals surface area contributed by atoms with E-state index in [1.54, 1.807) is 0 Å². The fourth-order valence-corrected chi connectivity index (χ4v) is 4.85. The molecule has 0 aliphatic rings. The van der Waals surface area contributed by atoms with Crippen molar-refractivity contribution in [3.8, 4) is 0 Å². The topological polar surface area (TPSA) is 0 Å². The van der Waals surface area contributed by atoms with E-state index < -0.39 is 7.38 Å². The largest absolute Gasteiger partial charge is 0.181 e. The van der Waals surface area contributed by atoms with Crippen molar-refractivity contribution in [1.82, 2.24) is 0 Å². The van der Waals surface area contributed by atoms with E-state index in [9.17, 15) is 0 Å². The summed E-state index contributed by atoms with van der Waals surface area (Å²) >= 11 is 6.48. The van der Waals surface area contributed by atoms with Gasteiger partial charge in [0, 0.05) is 0 Å². The first-order valence-electron chi connectivity index (χ1n) is 4.60.